The van der Waals surface area contributed by atoms with Crippen molar-refractivity contribution in [2.75, 3.05) is 5.75 Å². The summed E-state index contributed by atoms with van der Waals surface area (Å²) >= 11 is 3.31. The molecule has 1 heterocycles. The van der Waals surface area contributed by atoms with Crippen molar-refractivity contribution in [2.24, 2.45) is 0 Å². The van der Waals surface area contributed by atoms with Crippen LogP contribution >= 0.6 is 15.9 Å². The highest BCUT2D eigenvalue weighted by molar-refractivity contribution is 9.10. The molecule has 1 aromatic carbocycles. The molecule has 2 rings (SSSR count). The van der Waals surface area contributed by atoms with Gasteiger partial charge < -0.3 is 5.11 Å². The maximum absolute atomic E-state index is 12.0. The van der Waals surface area contributed by atoms with Crippen LogP contribution in [-0.2, 0) is 17.3 Å². The van der Waals surface area contributed by atoms with Crippen LogP contribution in [0.4, 0.5) is 0 Å². The Morgan fingerprint density at radius 1 is 1.37 bits per heavy atom. The minimum Gasteiger partial charge on any atom is -0.476 e. The van der Waals surface area contributed by atoms with E-state index in [0.717, 1.165) is 9.37 Å². The van der Waals surface area contributed by atoms with Crippen molar-refractivity contribution in [2.45, 2.75) is 11.4 Å². The number of aromatic carboxylic acids is 1. The summed E-state index contributed by atoms with van der Waals surface area (Å²) in [5.41, 5.74) is -0.116. The quantitative estimate of drug-likeness (QED) is 0.890. The molecule has 0 bridgehead atoms. The number of carboxylic acids is 1. The Balaban J connectivity index is 1.96. The number of aromatic nitrogens is 3. The normalized spacial score (nSPS) is 12.3. The summed E-state index contributed by atoms with van der Waals surface area (Å²) in [6.07, 6.45) is 1.32. The molecule has 0 saturated carbocycles. The Hall–Kier alpha value is -1.54. The Bertz CT molecular complexity index is 612. The van der Waals surface area contributed by atoms with Crippen LogP contribution in [0.5, 0.6) is 0 Å². The van der Waals surface area contributed by atoms with Crippen molar-refractivity contribution in [3.05, 3.63) is 40.6 Å². The van der Waals surface area contributed by atoms with Gasteiger partial charge in [-0.05, 0) is 24.3 Å². The van der Waals surface area contributed by atoms with E-state index in [1.807, 2.05) is 12.1 Å². The summed E-state index contributed by atoms with van der Waals surface area (Å²) < 4.78 is 14.3. The molecule has 6 nitrogen and oxygen atoms in total. The smallest absolute Gasteiger partial charge is 0.358 e. The lowest BCUT2D eigenvalue weighted by molar-refractivity contribution is 0.0690. The van der Waals surface area contributed by atoms with Crippen molar-refractivity contribution in [1.82, 2.24) is 15.0 Å². The molecule has 0 aliphatic rings. The first-order chi connectivity index (χ1) is 9.06. The molecule has 1 N–H and O–H groups in total. The summed E-state index contributed by atoms with van der Waals surface area (Å²) in [6, 6.07) is 7.21. The third-order valence-electron chi connectivity index (χ3n) is 2.34. The van der Waals surface area contributed by atoms with Crippen LogP contribution in [0, 0.1) is 0 Å². The van der Waals surface area contributed by atoms with Crippen molar-refractivity contribution >= 4 is 32.7 Å². The molecule has 100 valence electrons. The van der Waals surface area contributed by atoms with E-state index < -0.39 is 16.8 Å². The number of hydrogen-bond acceptors (Lipinski definition) is 4. The standard InChI is InChI=1S/C11H10BrN3O3S/c12-8-1-3-9(4-2-8)19(18)6-5-15-7-10(11(16)17)13-14-15/h1-4,7H,5-6H2,(H,16,17). The minimum atomic E-state index is -1.15. The second kappa shape index (κ2) is 6.07. The lowest BCUT2D eigenvalue weighted by Crippen LogP contribution is -2.08. The topological polar surface area (TPSA) is 85.1 Å². The van der Waals surface area contributed by atoms with E-state index in [1.54, 1.807) is 12.1 Å². The zero-order chi connectivity index (χ0) is 13.8. The molecule has 0 radical (unpaired) electrons. The maximum Gasteiger partial charge on any atom is 0.358 e. The van der Waals surface area contributed by atoms with Gasteiger partial charge in [-0.3, -0.25) is 8.89 Å². The molecule has 0 aliphatic carbocycles. The average molecular weight is 344 g/mol. The zero-order valence-corrected chi connectivity index (χ0v) is 12.1. The highest BCUT2D eigenvalue weighted by Gasteiger charge is 2.09. The van der Waals surface area contributed by atoms with Gasteiger partial charge in [0.2, 0.25) is 0 Å². The van der Waals surface area contributed by atoms with Crippen LogP contribution in [0.15, 0.2) is 39.8 Å². The van der Waals surface area contributed by atoms with Crippen LogP contribution in [0.1, 0.15) is 10.5 Å². The van der Waals surface area contributed by atoms with Crippen molar-refractivity contribution < 1.29 is 14.1 Å². The fourth-order valence-electron chi connectivity index (χ4n) is 1.39. The van der Waals surface area contributed by atoms with Gasteiger partial charge in [0.1, 0.15) is 0 Å². The van der Waals surface area contributed by atoms with Crippen molar-refractivity contribution in [1.29, 1.82) is 0 Å². The molecule has 1 aromatic heterocycles. The molecule has 1 atom stereocenters. The summed E-state index contributed by atoms with van der Waals surface area (Å²) in [5, 5.41) is 15.8. The molecule has 8 heteroatoms. The van der Waals surface area contributed by atoms with Crippen molar-refractivity contribution in [3.63, 3.8) is 0 Å². The molecule has 0 fully saturated rings. The number of hydrogen-bond donors (Lipinski definition) is 1. The average Bonchev–Trinajstić information content (AvgIpc) is 2.86. The third kappa shape index (κ3) is 3.71. The van der Waals surface area contributed by atoms with Crippen LogP contribution < -0.4 is 0 Å². The highest BCUT2D eigenvalue weighted by Crippen LogP contribution is 2.13. The molecule has 1 unspecified atom stereocenters. The van der Waals surface area contributed by atoms with Gasteiger partial charge in [-0.1, -0.05) is 21.1 Å². The number of nitrogens with zero attached hydrogens (tertiary/aromatic N) is 3. The van der Waals surface area contributed by atoms with Crippen LogP contribution in [-0.4, -0.2) is 36.0 Å². The highest BCUT2D eigenvalue weighted by atomic mass is 79.9. The van der Waals surface area contributed by atoms with E-state index >= 15 is 0 Å². The van der Waals surface area contributed by atoms with Gasteiger partial charge in [-0.25, -0.2) is 4.79 Å². The van der Waals surface area contributed by atoms with Gasteiger partial charge in [0.05, 0.1) is 23.5 Å². The van der Waals surface area contributed by atoms with Crippen LogP contribution in [0.2, 0.25) is 0 Å². The maximum atomic E-state index is 12.0. The molecule has 0 spiro atoms. The molecular weight excluding hydrogens is 334 g/mol. The first-order valence-corrected chi connectivity index (χ1v) is 7.45. The van der Waals surface area contributed by atoms with Crippen molar-refractivity contribution in [3.8, 4) is 0 Å². The number of halogens is 1. The van der Waals surface area contributed by atoms with E-state index in [9.17, 15) is 9.00 Å². The van der Waals surface area contributed by atoms with Gasteiger partial charge in [0.15, 0.2) is 5.69 Å². The molecule has 0 amide bonds. The number of benzene rings is 1. The molecule has 0 aliphatic heterocycles. The van der Waals surface area contributed by atoms with Gasteiger partial charge in [-0.15, -0.1) is 5.10 Å². The van der Waals surface area contributed by atoms with Gasteiger partial charge >= 0.3 is 5.97 Å². The molecule has 19 heavy (non-hydrogen) atoms. The summed E-state index contributed by atoms with van der Waals surface area (Å²) in [4.78, 5) is 11.3. The van der Waals surface area contributed by atoms with Gasteiger partial charge in [0.25, 0.3) is 0 Å². The van der Waals surface area contributed by atoms with E-state index in [0.29, 0.717) is 12.3 Å². The van der Waals surface area contributed by atoms with Gasteiger partial charge in [-0.2, -0.15) is 0 Å². The summed E-state index contributed by atoms with van der Waals surface area (Å²) in [5.74, 6) is -0.773. The monoisotopic (exact) mass is 343 g/mol. The largest absolute Gasteiger partial charge is 0.476 e. The number of carbonyl (C=O) groups is 1. The fourth-order valence-corrected chi connectivity index (χ4v) is 2.68. The lowest BCUT2D eigenvalue weighted by Gasteiger charge is -2.02. The van der Waals surface area contributed by atoms with E-state index in [-0.39, 0.29) is 5.69 Å². The summed E-state index contributed by atoms with van der Waals surface area (Å²) in [7, 11) is -1.15. The van der Waals surface area contributed by atoms with Gasteiger partial charge in [0, 0.05) is 15.1 Å². The fraction of sp³-hybridized carbons (Fsp3) is 0.182. The molecule has 0 saturated heterocycles. The Morgan fingerprint density at radius 3 is 2.63 bits per heavy atom. The van der Waals surface area contributed by atoms with E-state index in [4.69, 9.17) is 5.11 Å². The number of carboxylic acid groups (broad SMARTS) is 1. The SMILES string of the molecule is O=C(O)c1cn(CCS(=O)c2ccc(Br)cc2)nn1. The first kappa shape index (κ1) is 13.9. The Labute approximate surface area is 120 Å². The van der Waals surface area contributed by atoms with E-state index in [1.165, 1.54) is 10.9 Å². The minimum absolute atomic E-state index is 0.116. The predicted molar refractivity (Wildman–Crippen MR) is 72.4 cm³/mol. The zero-order valence-electron chi connectivity index (χ0n) is 9.69. The number of aryl methyl sites for hydroxylation is 1. The third-order valence-corrected chi connectivity index (χ3v) is 4.22. The number of rotatable bonds is 5. The lowest BCUT2D eigenvalue weighted by atomic mass is 10.4. The second-order valence-electron chi connectivity index (χ2n) is 3.68. The first-order valence-electron chi connectivity index (χ1n) is 5.33. The Morgan fingerprint density at radius 2 is 2.05 bits per heavy atom. The second-order valence-corrected chi connectivity index (χ2v) is 6.16. The predicted octanol–water partition coefficient (Wildman–Crippen LogP) is 1.55. The molecule has 2 aromatic rings. The van der Waals surface area contributed by atoms with Crippen LogP contribution in [0.3, 0.4) is 0 Å². The van der Waals surface area contributed by atoms with Crippen LogP contribution in [0.25, 0.3) is 0 Å². The summed E-state index contributed by atoms with van der Waals surface area (Å²) in [6.45, 7) is 0.350. The molecular formula is C11H10BrN3O3S. The van der Waals surface area contributed by atoms with E-state index in [2.05, 4.69) is 26.2 Å². The Kier molecular flexibility index (Phi) is 4.43.